The zero-order chi connectivity index (χ0) is 16.7. The van der Waals surface area contributed by atoms with Crippen LogP contribution in [-0.2, 0) is 11.3 Å². The number of hydrogen-bond acceptors (Lipinski definition) is 3. The van der Waals surface area contributed by atoms with Crippen molar-refractivity contribution in [3.63, 3.8) is 0 Å². The van der Waals surface area contributed by atoms with Crippen molar-refractivity contribution in [2.45, 2.75) is 13.5 Å². The number of para-hydroxylation sites is 2. The lowest BCUT2D eigenvalue weighted by Crippen LogP contribution is -2.31. The van der Waals surface area contributed by atoms with Gasteiger partial charge in [-0.25, -0.2) is 4.79 Å². The van der Waals surface area contributed by atoms with Gasteiger partial charge in [0.05, 0.1) is 12.8 Å². The van der Waals surface area contributed by atoms with Crippen molar-refractivity contribution in [1.82, 2.24) is 0 Å². The van der Waals surface area contributed by atoms with Crippen LogP contribution in [0.25, 0.3) is 0 Å². The number of hydrogen-bond donors (Lipinski definition) is 0. The van der Waals surface area contributed by atoms with Crippen LogP contribution in [0.1, 0.15) is 11.1 Å². The second-order valence-corrected chi connectivity index (χ2v) is 5.05. The van der Waals surface area contributed by atoms with Crippen molar-refractivity contribution < 1.29 is 14.3 Å². The van der Waals surface area contributed by atoms with Gasteiger partial charge in [0.25, 0.3) is 0 Å². The van der Waals surface area contributed by atoms with E-state index in [0.29, 0.717) is 13.2 Å². The Hall–Kier alpha value is -2.75. The van der Waals surface area contributed by atoms with Crippen molar-refractivity contribution in [2.75, 3.05) is 18.6 Å². The summed E-state index contributed by atoms with van der Waals surface area (Å²) in [5.74, 6) is 0.829. The van der Waals surface area contributed by atoms with Gasteiger partial charge in [0.2, 0.25) is 0 Å². The molecule has 0 spiro atoms. The van der Waals surface area contributed by atoms with E-state index in [1.807, 2.05) is 55.5 Å². The Labute approximate surface area is 137 Å². The van der Waals surface area contributed by atoms with Crippen molar-refractivity contribution in [3.8, 4) is 5.75 Å². The van der Waals surface area contributed by atoms with E-state index in [9.17, 15) is 4.79 Å². The molecular weight excluding hydrogens is 290 g/mol. The lowest BCUT2D eigenvalue weighted by Gasteiger charge is -2.22. The quantitative estimate of drug-likeness (QED) is 0.745. The summed E-state index contributed by atoms with van der Waals surface area (Å²) in [7, 11) is 1.37. The Balaban J connectivity index is 2.24. The van der Waals surface area contributed by atoms with Crippen molar-refractivity contribution in [3.05, 3.63) is 72.3 Å². The van der Waals surface area contributed by atoms with Crippen LogP contribution in [-0.4, -0.2) is 19.7 Å². The molecule has 0 aliphatic rings. The molecule has 2 rings (SSSR count). The van der Waals surface area contributed by atoms with E-state index in [1.54, 1.807) is 6.08 Å². The van der Waals surface area contributed by atoms with Gasteiger partial charge in [0, 0.05) is 12.1 Å². The van der Waals surface area contributed by atoms with Crippen molar-refractivity contribution in [1.29, 1.82) is 0 Å². The minimum atomic E-state index is -0.423. The van der Waals surface area contributed by atoms with E-state index in [4.69, 9.17) is 9.47 Å². The Morgan fingerprint density at radius 2 is 1.87 bits per heavy atom. The Bertz CT molecular complexity index is 682. The smallest absolute Gasteiger partial charge is 0.414 e. The summed E-state index contributed by atoms with van der Waals surface area (Å²) in [6.07, 6.45) is 1.24. The summed E-state index contributed by atoms with van der Waals surface area (Å²) in [5.41, 5.74) is 2.73. The van der Waals surface area contributed by atoms with Gasteiger partial charge in [-0.2, -0.15) is 0 Å². The average molecular weight is 311 g/mol. The van der Waals surface area contributed by atoms with Crippen LogP contribution in [0.4, 0.5) is 10.5 Å². The number of carbonyl (C=O) groups is 1. The van der Waals surface area contributed by atoms with E-state index in [0.717, 1.165) is 22.6 Å². The topological polar surface area (TPSA) is 38.8 Å². The van der Waals surface area contributed by atoms with Crippen LogP contribution in [0.3, 0.4) is 0 Å². The number of aryl methyl sites for hydroxylation is 1. The highest BCUT2D eigenvalue weighted by Gasteiger charge is 2.18. The van der Waals surface area contributed by atoms with Crippen LogP contribution in [0.5, 0.6) is 5.75 Å². The molecule has 0 bridgehead atoms. The largest absolute Gasteiger partial charge is 0.489 e. The van der Waals surface area contributed by atoms with E-state index >= 15 is 0 Å². The number of nitrogens with zero attached hydrogens (tertiary/aromatic N) is 1. The second kappa shape index (κ2) is 8.03. The third-order valence-corrected chi connectivity index (χ3v) is 3.47. The van der Waals surface area contributed by atoms with Crippen LogP contribution in [0.15, 0.2) is 61.2 Å². The maximum absolute atomic E-state index is 12.0. The van der Waals surface area contributed by atoms with Gasteiger partial charge in [-0.1, -0.05) is 42.5 Å². The predicted molar refractivity (Wildman–Crippen MR) is 91.9 cm³/mol. The summed E-state index contributed by atoms with van der Waals surface area (Å²) in [4.78, 5) is 13.5. The van der Waals surface area contributed by atoms with Gasteiger partial charge in [0.15, 0.2) is 0 Å². The molecule has 23 heavy (non-hydrogen) atoms. The lowest BCUT2D eigenvalue weighted by atomic mass is 10.1. The molecule has 4 heteroatoms. The summed E-state index contributed by atoms with van der Waals surface area (Å²) in [6, 6.07) is 15.4. The molecule has 0 saturated heterocycles. The van der Waals surface area contributed by atoms with Crippen LogP contribution in [0.2, 0.25) is 0 Å². The van der Waals surface area contributed by atoms with E-state index in [-0.39, 0.29) is 0 Å². The fourth-order valence-electron chi connectivity index (χ4n) is 2.28. The zero-order valence-electron chi connectivity index (χ0n) is 13.5. The fourth-order valence-corrected chi connectivity index (χ4v) is 2.28. The molecule has 0 aliphatic heterocycles. The highest BCUT2D eigenvalue weighted by Crippen LogP contribution is 2.24. The summed E-state index contributed by atoms with van der Waals surface area (Å²) < 4.78 is 10.8. The normalized spacial score (nSPS) is 10.0. The molecule has 2 aromatic rings. The number of amides is 1. The first-order valence-corrected chi connectivity index (χ1v) is 7.40. The van der Waals surface area contributed by atoms with Gasteiger partial charge in [-0.05, 0) is 24.6 Å². The van der Waals surface area contributed by atoms with Gasteiger partial charge in [-0.3, -0.25) is 4.90 Å². The maximum atomic E-state index is 12.0. The van der Waals surface area contributed by atoms with E-state index < -0.39 is 6.09 Å². The molecule has 0 N–H and O–H groups in total. The molecule has 0 fully saturated rings. The number of rotatable bonds is 6. The van der Waals surface area contributed by atoms with Crippen LogP contribution in [0, 0.1) is 6.92 Å². The van der Waals surface area contributed by atoms with Gasteiger partial charge < -0.3 is 9.47 Å². The third kappa shape index (κ3) is 4.13. The predicted octanol–water partition coefficient (Wildman–Crippen LogP) is 4.33. The molecule has 0 heterocycles. The second-order valence-electron chi connectivity index (χ2n) is 5.05. The molecular formula is C19H21NO3. The molecule has 0 aromatic heterocycles. The zero-order valence-corrected chi connectivity index (χ0v) is 13.5. The van der Waals surface area contributed by atoms with Gasteiger partial charge in [0.1, 0.15) is 12.4 Å². The third-order valence-electron chi connectivity index (χ3n) is 3.47. The molecule has 4 nitrogen and oxygen atoms in total. The molecule has 0 atom stereocenters. The maximum Gasteiger partial charge on any atom is 0.414 e. The lowest BCUT2D eigenvalue weighted by molar-refractivity contribution is 0.179. The minimum Gasteiger partial charge on any atom is -0.489 e. The number of ether oxygens (including phenoxy) is 2. The molecule has 0 aliphatic carbocycles. The Morgan fingerprint density at radius 3 is 2.57 bits per heavy atom. The number of methoxy groups -OCH3 is 1. The van der Waals surface area contributed by atoms with Crippen LogP contribution < -0.4 is 9.64 Å². The number of anilines is 1. The SMILES string of the molecule is C=CCN(C(=O)OC)c1ccccc1COc1ccccc1C. The van der Waals surface area contributed by atoms with Crippen molar-refractivity contribution >= 4 is 11.8 Å². The standard InChI is InChI=1S/C19H21NO3/c1-4-13-20(19(21)22-3)17-11-7-6-10-16(17)14-23-18-12-8-5-9-15(18)2/h4-12H,1,13-14H2,2-3H3. The molecule has 120 valence electrons. The summed E-state index contributed by atoms with van der Waals surface area (Å²) in [6.45, 7) is 6.43. The number of carbonyl (C=O) groups excluding carboxylic acids is 1. The number of benzene rings is 2. The molecule has 2 aromatic carbocycles. The highest BCUT2D eigenvalue weighted by atomic mass is 16.5. The van der Waals surface area contributed by atoms with E-state index in [1.165, 1.54) is 12.0 Å². The van der Waals surface area contributed by atoms with Crippen molar-refractivity contribution in [2.24, 2.45) is 0 Å². The Morgan fingerprint density at radius 1 is 1.17 bits per heavy atom. The summed E-state index contributed by atoms with van der Waals surface area (Å²) in [5, 5.41) is 0. The fraction of sp³-hybridized carbons (Fsp3) is 0.211. The van der Waals surface area contributed by atoms with E-state index in [2.05, 4.69) is 6.58 Å². The first-order chi connectivity index (χ1) is 11.2. The molecule has 0 radical (unpaired) electrons. The molecule has 0 saturated carbocycles. The molecule has 0 unspecified atom stereocenters. The molecule has 1 amide bonds. The highest BCUT2D eigenvalue weighted by molar-refractivity contribution is 5.88. The first-order valence-electron chi connectivity index (χ1n) is 7.40. The Kier molecular flexibility index (Phi) is 5.80. The summed E-state index contributed by atoms with van der Waals surface area (Å²) >= 11 is 0. The van der Waals surface area contributed by atoms with Gasteiger partial charge >= 0.3 is 6.09 Å². The monoisotopic (exact) mass is 311 g/mol. The van der Waals surface area contributed by atoms with Gasteiger partial charge in [-0.15, -0.1) is 6.58 Å². The first kappa shape index (κ1) is 16.6. The minimum absolute atomic E-state index is 0.367. The van der Waals surface area contributed by atoms with Crippen LogP contribution >= 0.6 is 0 Å². The average Bonchev–Trinajstić information content (AvgIpc) is 2.59.